The lowest BCUT2D eigenvalue weighted by molar-refractivity contribution is -0.641. The molecule has 19 heavy (non-hydrogen) atoms. The molecule has 0 radical (unpaired) electrons. The SMILES string of the molecule is O=C(N[n+]1cccc(CCCO)c1)c1ccncc1. The summed E-state index contributed by atoms with van der Waals surface area (Å²) in [7, 11) is 0. The first-order valence-electron chi connectivity index (χ1n) is 6.12. The molecule has 0 fully saturated rings. The minimum atomic E-state index is -0.188. The second kappa shape index (κ2) is 6.61. The molecule has 2 aromatic rings. The molecular formula is C14H16N3O2+. The molecule has 0 aromatic carbocycles. The maximum atomic E-state index is 11.9. The largest absolute Gasteiger partial charge is 0.396 e. The Morgan fingerprint density at radius 2 is 2.11 bits per heavy atom. The third-order valence-electron chi connectivity index (χ3n) is 2.66. The number of amides is 1. The lowest BCUT2D eigenvalue weighted by Crippen LogP contribution is -2.48. The molecule has 5 heteroatoms. The Morgan fingerprint density at radius 3 is 2.84 bits per heavy atom. The smallest absolute Gasteiger partial charge is 0.305 e. The molecule has 2 aromatic heterocycles. The van der Waals surface area contributed by atoms with Crippen molar-refractivity contribution in [3.05, 3.63) is 60.2 Å². The van der Waals surface area contributed by atoms with Crippen molar-refractivity contribution < 1.29 is 14.6 Å². The number of nitrogens with one attached hydrogen (secondary N) is 1. The number of carbonyl (C=O) groups is 1. The fourth-order valence-corrected chi connectivity index (χ4v) is 1.71. The average Bonchev–Trinajstić information content (AvgIpc) is 2.46. The first kappa shape index (κ1) is 13.2. The zero-order valence-electron chi connectivity index (χ0n) is 10.5. The van der Waals surface area contributed by atoms with E-state index in [1.165, 1.54) is 0 Å². The van der Waals surface area contributed by atoms with Crippen molar-refractivity contribution in [3.63, 3.8) is 0 Å². The standard InChI is InChI=1S/C14H15N3O2/c18-10-2-4-12-3-1-9-17(11-12)16-14(19)13-5-7-15-8-6-13/h1,3,5-9,11,18H,2,4,10H2/p+1. The number of carbonyl (C=O) groups excluding carboxylic acids is 1. The fourth-order valence-electron chi connectivity index (χ4n) is 1.71. The van der Waals surface area contributed by atoms with E-state index >= 15 is 0 Å². The number of hydrogen-bond donors (Lipinski definition) is 2. The quantitative estimate of drug-likeness (QED) is 0.775. The molecule has 0 bridgehead atoms. The normalized spacial score (nSPS) is 10.2. The first-order chi connectivity index (χ1) is 9.29. The van der Waals surface area contributed by atoms with Crippen LogP contribution in [0.5, 0.6) is 0 Å². The maximum Gasteiger partial charge on any atom is 0.305 e. The molecule has 2 N–H and O–H groups in total. The van der Waals surface area contributed by atoms with Crippen LogP contribution >= 0.6 is 0 Å². The summed E-state index contributed by atoms with van der Waals surface area (Å²) in [6, 6.07) is 7.14. The van der Waals surface area contributed by atoms with Crippen LogP contribution in [0.4, 0.5) is 0 Å². The van der Waals surface area contributed by atoms with Gasteiger partial charge in [0.2, 0.25) is 6.20 Å². The Morgan fingerprint density at radius 1 is 1.32 bits per heavy atom. The maximum absolute atomic E-state index is 11.9. The van der Waals surface area contributed by atoms with Crippen molar-refractivity contribution >= 4 is 5.91 Å². The summed E-state index contributed by atoms with van der Waals surface area (Å²) in [6.45, 7) is 0.165. The van der Waals surface area contributed by atoms with Crippen LogP contribution in [0.3, 0.4) is 0 Å². The second-order valence-electron chi connectivity index (χ2n) is 4.12. The highest BCUT2D eigenvalue weighted by Gasteiger charge is 2.10. The van der Waals surface area contributed by atoms with Gasteiger partial charge in [-0.05, 0) is 31.0 Å². The van der Waals surface area contributed by atoms with Crippen LogP contribution in [0, 0.1) is 0 Å². The van der Waals surface area contributed by atoms with E-state index < -0.39 is 0 Å². The van der Waals surface area contributed by atoms with E-state index in [0.29, 0.717) is 12.0 Å². The zero-order valence-corrected chi connectivity index (χ0v) is 10.5. The van der Waals surface area contributed by atoms with Gasteiger partial charge in [-0.3, -0.25) is 9.78 Å². The lowest BCUT2D eigenvalue weighted by Gasteiger charge is -2.01. The van der Waals surface area contributed by atoms with Gasteiger partial charge in [-0.25, -0.2) is 0 Å². The number of aryl methyl sites for hydroxylation is 1. The van der Waals surface area contributed by atoms with E-state index in [1.54, 1.807) is 35.4 Å². The van der Waals surface area contributed by atoms with Crippen molar-refractivity contribution in [1.29, 1.82) is 0 Å². The van der Waals surface area contributed by atoms with Gasteiger partial charge in [0.15, 0.2) is 6.20 Å². The molecule has 0 aliphatic rings. The van der Waals surface area contributed by atoms with Crippen LogP contribution in [0.1, 0.15) is 22.3 Å². The van der Waals surface area contributed by atoms with Crippen LogP contribution in [0.25, 0.3) is 0 Å². The highest BCUT2D eigenvalue weighted by Crippen LogP contribution is 1.99. The number of aliphatic hydroxyl groups excluding tert-OH is 1. The van der Waals surface area contributed by atoms with Crippen LogP contribution in [0.15, 0.2) is 49.1 Å². The lowest BCUT2D eigenvalue weighted by atomic mass is 10.2. The van der Waals surface area contributed by atoms with Gasteiger partial charge in [0.05, 0.1) is 0 Å². The summed E-state index contributed by atoms with van der Waals surface area (Å²) < 4.78 is 1.62. The number of aromatic nitrogens is 2. The van der Waals surface area contributed by atoms with E-state index in [9.17, 15) is 4.79 Å². The van der Waals surface area contributed by atoms with Crippen LogP contribution < -0.4 is 10.1 Å². The van der Waals surface area contributed by atoms with Gasteiger partial charge in [0.25, 0.3) is 0 Å². The molecule has 2 rings (SSSR count). The predicted molar refractivity (Wildman–Crippen MR) is 70.0 cm³/mol. The van der Waals surface area contributed by atoms with Crippen molar-refractivity contribution in [2.24, 2.45) is 0 Å². The number of hydrogen-bond acceptors (Lipinski definition) is 3. The minimum absolute atomic E-state index is 0.165. The summed E-state index contributed by atoms with van der Waals surface area (Å²) in [5, 5.41) is 8.81. The van der Waals surface area contributed by atoms with Gasteiger partial charge in [0, 0.05) is 36.2 Å². The van der Waals surface area contributed by atoms with Gasteiger partial charge >= 0.3 is 5.91 Å². The third-order valence-corrected chi connectivity index (χ3v) is 2.66. The molecule has 0 aliphatic carbocycles. The van der Waals surface area contributed by atoms with E-state index in [-0.39, 0.29) is 12.5 Å². The Hall–Kier alpha value is -2.27. The topological polar surface area (TPSA) is 66.1 Å². The Labute approximate surface area is 111 Å². The molecule has 0 aliphatic heterocycles. The summed E-state index contributed by atoms with van der Waals surface area (Å²) in [6.07, 6.45) is 8.26. The Balaban J connectivity index is 2.05. The highest BCUT2D eigenvalue weighted by molar-refractivity contribution is 5.98. The molecule has 0 unspecified atom stereocenters. The first-order valence-corrected chi connectivity index (χ1v) is 6.12. The van der Waals surface area contributed by atoms with Crippen molar-refractivity contribution in [2.45, 2.75) is 12.8 Å². The van der Waals surface area contributed by atoms with E-state index in [0.717, 1.165) is 12.0 Å². The van der Waals surface area contributed by atoms with Crippen molar-refractivity contribution in [1.82, 2.24) is 4.98 Å². The molecular weight excluding hydrogens is 242 g/mol. The zero-order chi connectivity index (χ0) is 13.5. The summed E-state index contributed by atoms with van der Waals surface area (Å²) in [5.41, 5.74) is 4.38. The predicted octanol–water partition coefficient (Wildman–Crippen LogP) is 0.678. The molecule has 1 amide bonds. The minimum Gasteiger partial charge on any atom is -0.396 e. The molecule has 0 saturated heterocycles. The van der Waals surface area contributed by atoms with E-state index in [4.69, 9.17) is 5.11 Å². The second-order valence-corrected chi connectivity index (χ2v) is 4.12. The number of rotatable bonds is 5. The van der Waals surface area contributed by atoms with Crippen LogP contribution in [-0.4, -0.2) is 22.6 Å². The average molecular weight is 258 g/mol. The van der Waals surface area contributed by atoms with Crippen molar-refractivity contribution in [3.8, 4) is 0 Å². The molecule has 0 atom stereocenters. The molecule has 98 valence electrons. The number of pyridine rings is 2. The van der Waals surface area contributed by atoms with Crippen molar-refractivity contribution in [2.75, 3.05) is 12.0 Å². The summed E-state index contributed by atoms with van der Waals surface area (Å²) in [4.78, 5) is 15.8. The van der Waals surface area contributed by atoms with Gasteiger partial charge in [-0.15, -0.1) is 5.43 Å². The molecule has 0 spiro atoms. The van der Waals surface area contributed by atoms with Crippen LogP contribution in [-0.2, 0) is 6.42 Å². The molecule has 2 heterocycles. The summed E-state index contributed by atoms with van der Waals surface area (Å²) >= 11 is 0. The fraction of sp³-hybridized carbons (Fsp3) is 0.214. The van der Waals surface area contributed by atoms with Gasteiger partial charge in [0.1, 0.15) is 0 Å². The van der Waals surface area contributed by atoms with Gasteiger partial charge in [-0.1, -0.05) is 4.68 Å². The van der Waals surface area contributed by atoms with Gasteiger partial charge < -0.3 is 5.11 Å². The molecule has 0 saturated carbocycles. The van der Waals surface area contributed by atoms with Gasteiger partial charge in [-0.2, -0.15) is 0 Å². The monoisotopic (exact) mass is 258 g/mol. The van der Waals surface area contributed by atoms with E-state index in [1.807, 2.05) is 18.3 Å². The highest BCUT2D eigenvalue weighted by atomic mass is 16.2. The summed E-state index contributed by atoms with van der Waals surface area (Å²) in [5.74, 6) is -0.188. The number of aliphatic hydroxyl groups is 1. The third kappa shape index (κ3) is 3.86. The Kier molecular flexibility index (Phi) is 4.58. The Bertz CT molecular complexity index is 543. The molecule has 5 nitrogen and oxygen atoms in total. The van der Waals surface area contributed by atoms with E-state index in [2.05, 4.69) is 10.4 Å². The van der Waals surface area contributed by atoms with Crippen LogP contribution in [0.2, 0.25) is 0 Å². The number of nitrogens with zero attached hydrogens (tertiary/aromatic N) is 2.